The van der Waals surface area contributed by atoms with Crippen LogP contribution in [0.5, 0.6) is 0 Å². The number of carbonyl (C=O) groups is 2. The molecule has 4 aliphatic rings. The summed E-state index contributed by atoms with van der Waals surface area (Å²) in [4.78, 5) is 24.0. The second-order valence-electron chi connectivity index (χ2n) is 16.6. The highest BCUT2D eigenvalue weighted by Crippen LogP contribution is 2.67. The molecule has 3 fully saturated rings. The second-order valence-corrected chi connectivity index (χ2v) is 16.6. The van der Waals surface area contributed by atoms with Crippen LogP contribution in [0.3, 0.4) is 0 Å². The van der Waals surface area contributed by atoms with Gasteiger partial charge in [0, 0.05) is 19.3 Å². The fourth-order valence-corrected chi connectivity index (χ4v) is 10.8. The number of esters is 1. The fourth-order valence-electron chi connectivity index (χ4n) is 10.8. The number of carbonyl (C=O) groups excluding carboxylic acids is 1. The van der Waals surface area contributed by atoms with E-state index < -0.39 is 5.97 Å². The summed E-state index contributed by atoms with van der Waals surface area (Å²) >= 11 is 0. The number of hydrogen-bond acceptors (Lipinski definition) is 3. The molecule has 0 aromatic heterocycles. The maximum atomic E-state index is 12.8. The Balaban J connectivity index is 1.12. The summed E-state index contributed by atoms with van der Waals surface area (Å²) < 4.78 is 6.08. The Kier molecular flexibility index (Phi) is 14.8. The van der Waals surface area contributed by atoms with Gasteiger partial charge in [0.05, 0.1) is 0 Å². The van der Waals surface area contributed by atoms with Crippen molar-refractivity contribution in [2.24, 2.45) is 40.4 Å². The first kappa shape index (κ1) is 37.2. The Morgan fingerprint density at radius 1 is 0.870 bits per heavy atom. The number of hydrogen-bond donors (Lipinski definition) is 1. The number of aliphatic carboxylic acids is 1. The van der Waals surface area contributed by atoms with Crippen LogP contribution in [0.15, 0.2) is 23.8 Å². The zero-order valence-corrected chi connectivity index (χ0v) is 30.3. The normalized spacial score (nSPS) is 32.8. The Morgan fingerprint density at radius 3 is 2.24 bits per heavy atom. The highest BCUT2D eigenvalue weighted by Gasteiger charge is 2.59. The summed E-state index contributed by atoms with van der Waals surface area (Å²) in [7, 11) is 0. The minimum absolute atomic E-state index is 0.0166. The molecule has 0 amide bonds. The fraction of sp³-hybridized carbons (Fsp3) is 0.857. The maximum absolute atomic E-state index is 12.8. The Morgan fingerprint density at radius 2 is 1.54 bits per heavy atom. The highest BCUT2D eigenvalue weighted by atomic mass is 16.5. The average molecular weight is 639 g/mol. The van der Waals surface area contributed by atoms with E-state index in [2.05, 4.69) is 45.9 Å². The third kappa shape index (κ3) is 9.74. The number of allylic oxidation sites excluding steroid dienone is 3. The summed E-state index contributed by atoms with van der Waals surface area (Å²) in [6.45, 7) is 9.67. The summed E-state index contributed by atoms with van der Waals surface area (Å²) in [6.07, 6.45) is 35.0. The van der Waals surface area contributed by atoms with Gasteiger partial charge in [-0.15, -0.1) is 0 Å². The first-order valence-corrected chi connectivity index (χ1v) is 19.9. The molecular formula is C42H70O4. The molecule has 0 unspecified atom stereocenters. The molecule has 8 atom stereocenters. The van der Waals surface area contributed by atoms with Crippen LogP contribution in [0, 0.1) is 40.4 Å². The molecule has 1 N–H and O–H groups in total. The molecule has 262 valence electrons. The van der Waals surface area contributed by atoms with E-state index in [1.165, 1.54) is 103 Å². The largest absolute Gasteiger partial charge is 0.481 e. The molecule has 4 aliphatic carbocycles. The van der Waals surface area contributed by atoms with Crippen molar-refractivity contribution in [3.8, 4) is 0 Å². The van der Waals surface area contributed by atoms with E-state index in [-0.39, 0.29) is 17.5 Å². The van der Waals surface area contributed by atoms with Crippen molar-refractivity contribution in [3.63, 3.8) is 0 Å². The molecular weight excluding hydrogens is 568 g/mol. The van der Waals surface area contributed by atoms with E-state index in [0.717, 1.165) is 56.3 Å². The molecule has 0 aromatic rings. The van der Waals surface area contributed by atoms with E-state index in [4.69, 9.17) is 4.74 Å². The molecule has 46 heavy (non-hydrogen) atoms. The van der Waals surface area contributed by atoms with Crippen LogP contribution in [-0.2, 0) is 14.3 Å². The SMILES string of the molecule is CCCCCCCC/C=C\CCCCCCCC(=O)O[C@H]1CC[C@@]2(C)C(=CC[C@H]3[C@@H]4CC[C@H]([C@H](C)CCC(=O)O)[C@@]4(C)CC[C@@H]32)C1. The first-order valence-electron chi connectivity index (χ1n) is 19.9. The van der Waals surface area contributed by atoms with Crippen LogP contribution >= 0.6 is 0 Å². The quantitative estimate of drug-likeness (QED) is 0.0818. The van der Waals surface area contributed by atoms with Gasteiger partial charge in [-0.05, 0) is 124 Å². The van der Waals surface area contributed by atoms with Crippen LogP contribution < -0.4 is 0 Å². The molecule has 0 heterocycles. The van der Waals surface area contributed by atoms with Crippen LogP contribution in [-0.4, -0.2) is 23.1 Å². The lowest BCUT2D eigenvalue weighted by Gasteiger charge is -2.58. The summed E-state index contributed by atoms with van der Waals surface area (Å²) in [5, 5.41) is 9.25. The lowest BCUT2D eigenvalue weighted by molar-refractivity contribution is -0.151. The van der Waals surface area contributed by atoms with Gasteiger partial charge in [0.1, 0.15) is 6.10 Å². The van der Waals surface area contributed by atoms with Gasteiger partial charge >= 0.3 is 11.9 Å². The maximum Gasteiger partial charge on any atom is 0.306 e. The van der Waals surface area contributed by atoms with Gasteiger partial charge in [0.25, 0.3) is 0 Å². The van der Waals surface area contributed by atoms with Crippen LogP contribution in [0.1, 0.15) is 182 Å². The predicted molar refractivity (Wildman–Crippen MR) is 191 cm³/mol. The predicted octanol–water partition coefficient (Wildman–Crippen LogP) is 12.0. The van der Waals surface area contributed by atoms with E-state index in [9.17, 15) is 14.7 Å². The van der Waals surface area contributed by atoms with Crippen molar-refractivity contribution in [1.82, 2.24) is 0 Å². The summed E-state index contributed by atoms with van der Waals surface area (Å²) in [5.74, 6) is 2.77. The second kappa shape index (κ2) is 18.3. The molecule has 0 saturated heterocycles. The van der Waals surface area contributed by atoms with Crippen LogP contribution in [0.2, 0.25) is 0 Å². The lowest BCUT2D eigenvalue weighted by Crippen LogP contribution is -2.51. The van der Waals surface area contributed by atoms with Gasteiger partial charge in [-0.2, -0.15) is 0 Å². The molecule has 0 bridgehead atoms. The van der Waals surface area contributed by atoms with Crippen molar-refractivity contribution < 1.29 is 19.4 Å². The standard InChI is InChI=1S/C42H70O4/c1-5-6-7-8-9-10-11-12-13-14-15-16-17-18-19-20-40(45)46-34-27-29-41(3)33(31-34)22-23-35-37-25-24-36(32(2)21-26-39(43)44)42(37,4)30-28-38(35)41/h12-13,22,32,34-38H,5-11,14-21,23-31H2,1-4H3,(H,43,44)/b13-12-/t32-,34+,35+,36-,37+,38+,41+,42-/m1/s1. The molecule has 4 heteroatoms. The number of ether oxygens (including phenoxy) is 1. The van der Waals surface area contributed by atoms with Gasteiger partial charge in [0.15, 0.2) is 0 Å². The zero-order valence-electron chi connectivity index (χ0n) is 30.3. The molecule has 0 radical (unpaired) electrons. The number of rotatable bonds is 20. The van der Waals surface area contributed by atoms with Gasteiger partial charge in [0.2, 0.25) is 0 Å². The Labute approximate surface area is 283 Å². The van der Waals surface area contributed by atoms with E-state index in [0.29, 0.717) is 30.1 Å². The van der Waals surface area contributed by atoms with Crippen LogP contribution in [0.4, 0.5) is 0 Å². The van der Waals surface area contributed by atoms with E-state index in [1.54, 1.807) is 5.57 Å². The summed E-state index contributed by atoms with van der Waals surface area (Å²) in [6, 6.07) is 0. The summed E-state index contributed by atoms with van der Waals surface area (Å²) in [5.41, 5.74) is 2.19. The number of carboxylic acid groups (broad SMARTS) is 1. The van der Waals surface area contributed by atoms with E-state index >= 15 is 0 Å². The Bertz CT molecular complexity index is 1010. The van der Waals surface area contributed by atoms with Crippen molar-refractivity contribution in [2.45, 2.75) is 188 Å². The third-order valence-corrected chi connectivity index (χ3v) is 13.6. The third-order valence-electron chi connectivity index (χ3n) is 13.6. The van der Waals surface area contributed by atoms with E-state index in [1.807, 2.05) is 0 Å². The van der Waals surface area contributed by atoms with Crippen LogP contribution in [0.25, 0.3) is 0 Å². The molecule has 4 rings (SSSR count). The number of unbranched alkanes of at least 4 members (excludes halogenated alkanes) is 11. The first-order chi connectivity index (χ1) is 22.2. The van der Waals surface area contributed by atoms with Gasteiger partial charge in [-0.1, -0.05) is 103 Å². The number of carboxylic acids is 1. The average Bonchev–Trinajstić information content (AvgIpc) is 3.39. The zero-order chi connectivity index (χ0) is 33.0. The van der Waals surface area contributed by atoms with Crippen molar-refractivity contribution in [1.29, 1.82) is 0 Å². The molecule has 0 aromatic carbocycles. The minimum atomic E-state index is -0.655. The molecule has 0 spiro atoms. The number of fused-ring (bicyclic) bond motifs is 5. The van der Waals surface area contributed by atoms with Gasteiger partial charge in [-0.3, -0.25) is 9.59 Å². The topological polar surface area (TPSA) is 63.6 Å². The molecule has 4 nitrogen and oxygen atoms in total. The molecule has 0 aliphatic heterocycles. The van der Waals surface area contributed by atoms with Gasteiger partial charge < -0.3 is 9.84 Å². The van der Waals surface area contributed by atoms with Crippen molar-refractivity contribution in [2.75, 3.05) is 0 Å². The smallest absolute Gasteiger partial charge is 0.306 e. The highest BCUT2D eigenvalue weighted by molar-refractivity contribution is 5.69. The van der Waals surface area contributed by atoms with Crippen molar-refractivity contribution >= 4 is 11.9 Å². The Hall–Kier alpha value is -1.58. The monoisotopic (exact) mass is 639 g/mol. The lowest BCUT2D eigenvalue weighted by atomic mass is 9.47. The van der Waals surface area contributed by atoms with Crippen molar-refractivity contribution in [3.05, 3.63) is 23.8 Å². The molecule has 3 saturated carbocycles. The minimum Gasteiger partial charge on any atom is -0.481 e. The van der Waals surface area contributed by atoms with Gasteiger partial charge in [-0.25, -0.2) is 0 Å².